The molecule has 2 nitrogen and oxygen atoms in total. The van der Waals surface area contributed by atoms with Crippen LogP contribution >= 0.6 is 11.8 Å². The second-order valence-corrected chi connectivity index (χ2v) is 3.10. The van der Waals surface area contributed by atoms with Gasteiger partial charge in [0.25, 0.3) is 5.22 Å². The van der Waals surface area contributed by atoms with Crippen molar-refractivity contribution in [1.82, 2.24) is 4.98 Å². The van der Waals surface area contributed by atoms with Crippen LogP contribution in [-0.2, 0) is 0 Å². The van der Waals surface area contributed by atoms with Crippen LogP contribution in [0.25, 0.3) is 0 Å². The summed E-state index contributed by atoms with van der Waals surface area (Å²) in [6, 6.07) is 0. The molecule has 11 heavy (non-hydrogen) atoms. The number of terminal acetylenes is 1. The molecule has 0 N–H and O–H groups in total. The molecule has 0 bridgehead atoms. The third kappa shape index (κ3) is 2.69. The van der Waals surface area contributed by atoms with Crippen LogP contribution in [0.15, 0.2) is 15.9 Å². The van der Waals surface area contributed by atoms with Crippen LogP contribution in [0.5, 0.6) is 0 Å². The summed E-state index contributed by atoms with van der Waals surface area (Å²) in [6.45, 7) is 1.90. The summed E-state index contributed by atoms with van der Waals surface area (Å²) in [4.78, 5) is 4.11. The van der Waals surface area contributed by atoms with Gasteiger partial charge in [-0.1, -0.05) is 11.8 Å². The largest absolute Gasteiger partial charge is 0.440 e. The SMILES string of the molecule is C#CCCSc1nc(C)co1. The molecule has 0 aliphatic carbocycles. The second kappa shape index (κ2) is 4.09. The van der Waals surface area contributed by atoms with Crippen molar-refractivity contribution in [2.75, 3.05) is 5.75 Å². The fraction of sp³-hybridized carbons (Fsp3) is 0.375. The summed E-state index contributed by atoms with van der Waals surface area (Å²) in [5.74, 6) is 3.43. The first-order valence-electron chi connectivity index (χ1n) is 3.31. The topological polar surface area (TPSA) is 26.0 Å². The highest BCUT2D eigenvalue weighted by atomic mass is 32.2. The molecule has 1 heterocycles. The van der Waals surface area contributed by atoms with E-state index in [-0.39, 0.29) is 0 Å². The highest BCUT2D eigenvalue weighted by Crippen LogP contribution is 2.16. The van der Waals surface area contributed by atoms with Crippen molar-refractivity contribution in [3.05, 3.63) is 12.0 Å². The van der Waals surface area contributed by atoms with Crippen molar-refractivity contribution in [2.24, 2.45) is 0 Å². The van der Waals surface area contributed by atoms with E-state index in [0.29, 0.717) is 5.22 Å². The molecule has 1 rings (SSSR count). The molecule has 0 atom stereocenters. The minimum Gasteiger partial charge on any atom is -0.440 e. The van der Waals surface area contributed by atoms with Crippen molar-refractivity contribution in [1.29, 1.82) is 0 Å². The number of oxazole rings is 1. The van der Waals surface area contributed by atoms with Crippen molar-refractivity contribution < 1.29 is 4.42 Å². The molecule has 0 radical (unpaired) electrons. The first-order valence-corrected chi connectivity index (χ1v) is 4.30. The monoisotopic (exact) mass is 167 g/mol. The Morgan fingerprint density at radius 3 is 3.18 bits per heavy atom. The molecule has 0 aliphatic rings. The molecule has 0 unspecified atom stereocenters. The average Bonchev–Trinajstić information content (AvgIpc) is 2.37. The van der Waals surface area contributed by atoms with Gasteiger partial charge in [0.2, 0.25) is 0 Å². The molecule has 0 amide bonds. The van der Waals surface area contributed by atoms with Crippen molar-refractivity contribution in [3.63, 3.8) is 0 Å². The van der Waals surface area contributed by atoms with E-state index >= 15 is 0 Å². The van der Waals surface area contributed by atoms with Crippen molar-refractivity contribution >= 4 is 11.8 Å². The van der Waals surface area contributed by atoms with Crippen LogP contribution in [0.4, 0.5) is 0 Å². The van der Waals surface area contributed by atoms with Crippen LogP contribution in [-0.4, -0.2) is 10.7 Å². The predicted molar refractivity (Wildman–Crippen MR) is 45.4 cm³/mol. The van der Waals surface area contributed by atoms with Gasteiger partial charge < -0.3 is 4.42 Å². The van der Waals surface area contributed by atoms with E-state index in [4.69, 9.17) is 10.8 Å². The third-order valence-corrected chi connectivity index (χ3v) is 1.91. The number of hydrogen-bond acceptors (Lipinski definition) is 3. The Labute approximate surface area is 70.4 Å². The maximum absolute atomic E-state index is 5.09. The van der Waals surface area contributed by atoms with Gasteiger partial charge in [0.1, 0.15) is 6.26 Å². The zero-order valence-corrected chi connectivity index (χ0v) is 7.15. The predicted octanol–water partition coefficient (Wildman–Crippen LogP) is 2.10. The summed E-state index contributed by atoms with van der Waals surface area (Å²) in [5.41, 5.74) is 0.910. The van der Waals surface area contributed by atoms with Gasteiger partial charge >= 0.3 is 0 Å². The van der Waals surface area contributed by atoms with Gasteiger partial charge in [-0.25, -0.2) is 4.98 Å². The lowest BCUT2D eigenvalue weighted by Gasteiger charge is -1.88. The molecule has 0 saturated heterocycles. The van der Waals surface area contributed by atoms with E-state index in [1.165, 1.54) is 0 Å². The normalized spacial score (nSPS) is 9.45. The molecule has 0 aromatic carbocycles. The Morgan fingerprint density at radius 1 is 1.82 bits per heavy atom. The molecule has 0 saturated carbocycles. The molecule has 1 aromatic heterocycles. The maximum atomic E-state index is 5.09. The fourth-order valence-electron chi connectivity index (χ4n) is 0.596. The fourth-order valence-corrected chi connectivity index (χ4v) is 1.32. The van der Waals surface area contributed by atoms with Gasteiger partial charge in [-0.15, -0.1) is 12.3 Å². The third-order valence-electron chi connectivity index (χ3n) is 1.07. The Kier molecular flexibility index (Phi) is 3.06. The quantitative estimate of drug-likeness (QED) is 0.391. The number of aromatic nitrogens is 1. The molecule has 1 aromatic rings. The Hall–Kier alpha value is -0.880. The van der Waals surface area contributed by atoms with E-state index in [0.717, 1.165) is 17.9 Å². The minimum absolute atomic E-state index is 0.706. The minimum atomic E-state index is 0.706. The standard InChI is InChI=1S/C8H9NOS/c1-3-4-5-11-8-9-7(2)6-10-8/h1,6H,4-5H2,2H3. The highest BCUT2D eigenvalue weighted by Gasteiger charge is 1.98. The van der Waals surface area contributed by atoms with Crippen LogP contribution in [0.3, 0.4) is 0 Å². The molecule has 0 spiro atoms. The van der Waals surface area contributed by atoms with Crippen molar-refractivity contribution in [2.45, 2.75) is 18.6 Å². The summed E-state index contributed by atoms with van der Waals surface area (Å²) in [5, 5.41) is 0.706. The summed E-state index contributed by atoms with van der Waals surface area (Å²) in [6.07, 6.45) is 7.48. The van der Waals surface area contributed by atoms with Gasteiger partial charge in [0.15, 0.2) is 0 Å². The van der Waals surface area contributed by atoms with Gasteiger partial charge in [-0.3, -0.25) is 0 Å². The van der Waals surface area contributed by atoms with Crippen LogP contribution in [0.2, 0.25) is 0 Å². The van der Waals surface area contributed by atoms with E-state index in [2.05, 4.69) is 10.9 Å². The van der Waals surface area contributed by atoms with Gasteiger partial charge in [-0.2, -0.15) is 0 Å². The lowest BCUT2D eigenvalue weighted by Crippen LogP contribution is -1.76. The van der Waals surface area contributed by atoms with Crippen LogP contribution in [0.1, 0.15) is 12.1 Å². The Morgan fingerprint density at radius 2 is 2.64 bits per heavy atom. The molecular formula is C8H9NOS. The number of nitrogens with zero attached hydrogens (tertiary/aromatic N) is 1. The Bertz CT molecular complexity index is 261. The zero-order chi connectivity index (χ0) is 8.10. The summed E-state index contributed by atoms with van der Waals surface area (Å²) < 4.78 is 5.09. The molecule has 3 heteroatoms. The summed E-state index contributed by atoms with van der Waals surface area (Å²) >= 11 is 1.55. The number of aryl methyl sites for hydroxylation is 1. The number of thioether (sulfide) groups is 1. The molecule has 58 valence electrons. The summed E-state index contributed by atoms with van der Waals surface area (Å²) in [7, 11) is 0. The van der Waals surface area contributed by atoms with E-state index in [9.17, 15) is 0 Å². The maximum Gasteiger partial charge on any atom is 0.255 e. The highest BCUT2D eigenvalue weighted by molar-refractivity contribution is 7.99. The van der Waals surface area contributed by atoms with Gasteiger partial charge in [0, 0.05) is 12.2 Å². The van der Waals surface area contributed by atoms with E-state index < -0.39 is 0 Å². The molecular weight excluding hydrogens is 158 g/mol. The zero-order valence-electron chi connectivity index (χ0n) is 6.33. The number of rotatable bonds is 3. The molecule has 0 aliphatic heterocycles. The van der Waals surface area contributed by atoms with Gasteiger partial charge in [0.05, 0.1) is 5.69 Å². The lowest BCUT2D eigenvalue weighted by molar-refractivity contribution is 0.454. The van der Waals surface area contributed by atoms with Crippen LogP contribution in [0, 0.1) is 19.3 Å². The first kappa shape index (κ1) is 8.22. The average molecular weight is 167 g/mol. The smallest absolute Gasteiger partial charge is 0.255 e. The van der Waals surface area contributed by atoms with Crippen LogP contribution < -0.4 is 0 Å². The molecule has 0 fully saturated rings. The first-order chi connectivity index (χ1) is 5.33. The van der Waals surface area contributed by atoms with E-state index in [1.54, 1.807) is 18.0 Å². The second-order valence-electron chi connectivity index (χ2n) is 2.06. The van der Waals surface area contributed by atoms with Crippen molar-refractivity contribution in [3.8, 4) is 12.3 Å². The lowest BCUT2D eigenvalue weighted by atomic mass is 10.5. The van der Waals surface area contributed by atoms with Gasteiger partial charge in [-0.05, 0) is 6.92 Å². The number of hydrogen-bond donors (Lipinski definition) is 0. The Balaban J connectivity index is 2.34. The van der Waals surface area contributed by atoms with E-state index in [1.807, 2.05) is 6.92 Å².